The van der Waals surface area contributed by atoms with E-state index < -0.39 is 5.60 Å². The Hall–Kier alpha value is -1.22. The van der Waals surface area contributed by atoms with E-state index >= 15 is 0 Å². The summed E-state index contributed by atoms with van der Waals surface area (Å²) in [4.78, 5) is 13.6. The Morgan fingerprint density at radius 1 is 1.35 bits per heavy atom. The van der Waals surface area contributed by atoms with Gasteiger partial charge in [-0.3, -0.25) is 4.90 Å². The van der Waals surface area contributed by atoms with E-state index in [1.165, 1.54) is 0 Å². The summed E-state index contributed by atoms with van der Waals surface area (Å²) >= 11 is 6.09. The lowest BCUT2D eigenvalue weighted by atomic mass is 10.1. The van der Waals surface area contributed by atoms with Crippen LogP contribution in [0, 0.1) is 0 Å². The van der Waals surface area contributed by atoms with Crippen molar-refractivity contribution in [3.8, 4) is 0 Å². The second kappa shape index (κ2) is 4.22. The van der Waals surface area contributed by atoms with Crippen LogP contribution in [0.4, 0.5) is 4.79 Å². The second-order valence-corrected chi connectivity index (χ2v) is 5.62. The van der Waals surface area contributed by atoms with Crippen LogP contribution in [0.25, 0.3) is 0 Å². The molecule has 17 heavy (non-hydrogen) atoms. The lowest BCUT2D eigenvalue weighted by Crippen LogP contribution is -2.33. The van der Waals surface area contributed by atoms with Gasteiger partial charge in [-0.15, -0.1) is 0 Å². The zero-order valence-corrected chi connectivity index (χ0v) is 11.0. The van der Waals surface area contributed by atoms with Gasteiger partial charge in [0.25, 0.3) is 0 Å². The summed E-state index contributed by atoms with van der Waals surface area (Å²) in [6.07, 6.45) is -0.287. The maximum atomic E-state index is 11.9. The van der Waals surface area contributed by atoms with Gasteiger partial charge in [0.15, 0.2) is 0 Å². The number of nitrogens with zero attached hydrogens (tertiary/aromatic N) is 1. The van der Waals surface area contributed by atoms with Crippen molar-refractivity contribution in [1.82, 2.24) is 4.90 Å². The van der Waals surface area contributed by atoms with Crippen molar-refractivity contribution >= 4 is 17.7 Å². The van der Waals surface area contributed by atoms with E-state index in [2.05, 4.69) is 0 Å². The van der Waals surface area contributed by atoms with Gasteiger partial charge in [0.1, 0.15) is 5.60 Å². The van der Waals surface area contributed by atoms with Crippen LogP contribution in [0.15, 0.2) is 18.2 Å². The number of amides is 1. The summed E-state index contributed by atoms with van der Waals surface area (Å²) < 4.78 is 5.34. The number of fused-ring (bicyclic) bond motifs is 1. The van der Waals surface area contributed by atoms with Gasteiger partial charge in [-0.25, -0.2) is 4.79 Å². The number of benzene rings is 1. The standard InChI is InChI=1S/C13H16ClNO2/c1-13(2,3)17-12(16)15-7-9-5-4-6-11(14)10(9)8-15/h4-6H,7-8H2,1-3H3. The average molecular weight is 254 g/mol. The largest absolute Gasteiger partial charge is 0.444 e. The minimum absolute atomic E-state index is 0.287. The zero-order valence-electron chi connectivity index (χ0n) is 10.3. The molecule has 1 aliphatic rings. The molecule has 1 aromatic carbocycles. The van der Waals surface area contributed by atoms with E-state index in [0.717, 1.165) is 11.1 Å². The molecule has 0 fully saturated rings. The highest BCUT2D eigenvalue weighted by Crippen LogP contribution is 2.29. The minimum atomic E-state index is -0.463. The monoisotopic (exact) mass is 253 g/mol. The van der Waals surface area contributed by atoms with Gasteiger partial charge in [-0.05, 0) is 38.0 Å². The van der Waals surface area contributed by atoms with Gasteiger partial charge < -0.3 is 4.74 Å². The molecule has 1 amide bonds. The predicted molar refractivity (Wildman–Crippen MR) is 66.9 cm³/mol. The molecular weight excluding hydrogens is 238 g/mol. The first-order valence-electron chi connectivity index (χ1n) is 5.61. The molecule has 92 valence electrons. The summed E-state index contributed by atoms with van der Waals surface area (Å²) in [6, 6.07) is 5.74. The number of ether oxygens (including phenoxy) is 1. The maximum Gasteiger partial charge on any atom is 0.410 e. The summed E-state index contributed by atoms with van der Waals surface area (Å²) in [5.41, 5.74) is 1.67. The fourth-order valence-corrected chi connectivity index (χ4v) is 2.09. The quantitative estimate of drug-likeness (QED) is 0.707. The number of rotatable bonds is 0. The maximum absolute atomic E-state index is 11.9. The van der Waals surface area contributed by atoms with Crippen LogP contribution >= 0.6 is 11.6 Å². The first-order valence-corrected chi connectivity index (χ1v) is 5.99. The van der Waals surface area contributed by atoms with Crippen molar-refractivity contribution in [3.05, 3.63) is 34.3 Å². The number of hydrogen-bond donors (Lipinski definition) is 0. The highest BCUT2D eigenvalue weighted by atomic mass is 35.5. The van der Waals surface area contributed by atoms with Crippen molar-refractivity contribution in [3.63, 3.8) is 0 Å². The third-order valence-corrected chi connectivity index (χ3v) is 2.93. The Morgan fingerprint density at radius 3 is 2.65 bits per heavy atom. The first-order chi connectivity index (χ1) is 7.87. The first kappa shape index (κ1) is 12.2. The van der Waals surface area contributed by atoms with Gasteiger partial charge in [0, 0.05) is 11.6 Å². The molecule has 0 unspecified atom stereocenters. The van der Waals surface area contributed by atoms with E-state index in [0.29, 0.717) is 18.1 Å². The smallest absolute Gasteiger partial charge is 0.410 e. The van der Waals surface area contributed by atoms with Gasteiger partial charge in [-0.1, -0.05) is 23.7 Å². The van der Waals surface area contributed by atoms with Gasteiger partial charge >= 0.3 is 6.09 Å². The van der Waals surface area contributed by atoms with Crippen molar-refractivity contribution in [1.29, 1.82) is 0 Å². The van der Waals surface area contributed by atoms with Gasteiger partial charge in [0.05, 0.1) is 6.54 Å². The van der Waals surface area contributed by atoms with E-state index in [4.69, 9.17) is 16.3 Å². The molecular formula is C13H16ClNO2. The topological polar surface area (TPSA) is 29.5 Å². The van der Waals surface area contributed by atoms with Crippen LogP contribution < -0.4 is 0 Å². The molecule has 2 rings (SSSR count). The zero-order chi connectivity index (χ0) is 12.6. The van der Waals surface area contributed by atoms with E-state index in [1.807, 2.05) is 39.0 Å². The highest BCUT2D eigenvalue weighted by molar-refractivity contribution is 6.31. The number of carbonyl (C=O) groups is 1. The fourth-order valence-electron chi connectivity index (χ4n) is 1.84. The molecule has 0 aliphatic carbocycles. The predicted octanol–water partition coefficient (Wildman–Crippen LogP) is 3.59. The molecule has 0 radical (unpaired) electrons. The third kappa shape index (κ3) is 2.72. The van der Waals surface area contributed by atoms with Crippen molar-refractivity contribution < 1.29 is 9.53 Å². The highest BCUT2D eigenvalue weighted by Gasteiger charge is 2.28. The molecule has 3 nitrogen and oxygen atoms in total. The molecule has 4 heteroatoms. The molecule has 0 spiro atoms. The van der Waals surface area contributed by atoms with Crippen molar-refractivity contribution in [2.24, 2.45) is 0 Å². The molecule has 0 N–H and O–H groups in total. The molecule has 1 aliphatic heterocycles. The Kier molecular flexibility index (Phi) is 3.04. The lowest BCUT2D eigenvalue weighted by molar-refractivity contribution is 0.0242. The fraction of sp³-hybridized carbons (Fsp3) is 0.462. The van der Waals surface area contributed by atoms with Crippen molar-refractivity contribution in [2.45, 2.75) is 39.5 Å². The molecule has 0 atom stereocenters. The Labute approximate surface area is 106 Å². The Morgan fingerprint density at radius 2 is 2.06 bits per heavy atom. The molecule has 1 aromatic rings. The Balaban J connectivity index is 2.10. The number of hydrogen-bond acceptors (Lipinski definition) is 2. The van der Waals surface area contributed by atoms with Crippen LogP contribution in [0.5, 0.6) is 0 Å². The summed E-state index contributed by atoms with van der Waals surface area (Å²) in [5.74, 6) is 0. The number of carbonyl (C=O) groups excluding carboxylic acids is 1. The lowest BCUT2D eigenvalue weighted by Gasteiger charge is -2.24. The van der Waals surface area contributed by atoms with Crippen LogP contribution in [0.1, 0.15) is 31.9 Å². The SMILES string of the molecule is CC(C)(C)OC(=O)N1Cc2cccc(Cl)c2C1. The van der Waals surface area contributed by atoms with Crippen molar-refractivity contribution in [2.75, 3.05) is 0 Å². The third-order valence-electron chi connectivity index (χ3n) is 2.58. The Bertz CT molecular complexity index is 451. The summed E-state index contributed by atoms with van der Waals surface area (Å²) in [5, 5.41) is 0.716. The van der Waals surface area contributed by atoms with Gasteiger partial charge in [0.2, 0.25) is 0 Å². The van der Waals surface area contributed by atoms with E-state index in [9.17, 15) is 4.79 Å². The van der Waals surface area contributed by atoms with Crippen LogP contribution in [0.2, 0.25) is 5.02 Å². The minimum Gasteiger partial charge on any atom is -0.444 e. The summed E-state index contributed by atoms with van der Waals surface area (Å²) in [6.45, 7) is 6.69. The molecule has 0 saturated carbocycles. The molecule has 0 saturated heterocycles. The number of halogens is 1. The van der Waals surface area contributed by atoms with E-state index in [1.54, 1.807) is 4.90 Å². The molecule has 0 bridgehead atoms. The van der Waals surface area contributed by atoms with Crippen LogP contribution in [0.3, 0.4) is 0 Å². The summed E-state index contributed by atoms with van der Waals surface area (Å²) in [7, 11) is 0. The van der Waals surface area contributed by atoms with Crippen LogP contribution in [-0.4, -0.2) is 16.6 Å². The van der Waals surface area contributed by atoms with Gasteiger partial charge in [-0.2, -0.15) is 0 Å². The second-order valence-electron chi connectivity index (χ2n) is 5.21. The normalized spacial score (nSPS) is 14.7. The molecule has 1 heterocycles. The van der Waals surface area contributed by atoms with Crippen LogP contribution in [-0.2, 0) is 17.8 Å². The average Bonchev–Trinajstić information content (AvgIpc) is 2.60. The molecule has 0 aromatic heterocycles. The van der Waals surface area contributed by atoms with E-state index in [-0.39, 0.29) is 6.09 Å².